The standard InChI is InChI=1S/C17H27N/c1-13-4-6-14(7-5-13)16(12-18)15-8-10-17(2,3)11-9-15/h4-7,15-16H,8-12,18H2,1-3H3. The van der Waals surface area contributed by atoms with Crippen LogP contribution in [0.15, 0.2) is 24.3 Å². The molecule has 1 aromatic carbocycles. The summed E-state index contributed by atoms with van der Waals surface area (Å²) in [4.78, 5) is 0. The fourth-order valence-corrected chi connectivity index (χ4v) is 3.24. The van der Waals surface area contributed by atoms with Gasteiger partial charge in [-0.05, 0) is 62.0 Å². The molecule has 1 aliphatic rings. The largest absolute Gasteiger partial charge is 0.330 e. The number of benzene rings is 1. The number of hydrogen-bond acceptors (Lipinski definition) is 1. The van der Waals surface area contributed by atoms with Crippen LogP contribution in [0.2, 0.25) is 0 Å². The molecule has 1 aromatic rings. The normalized spacial score (nSPS) is 21.8. The van der Waals surface area contributed by atoms with Crippen LogP contribution >= 0.6 is 0 Å². The summed E-state index contributed by atoms with van der Waals surface area (Å²) in [6.45, 7) is 7.72. The highest BCUT2D eigenvalue weighted by Gasteiger charge is 2.31. The van der Waals surface area contributed by atoms with E-state index in [1.807, 2.05) is 0 Å². The van der Waals surface area contributed by atoms with Gasteiger partial charge in [-0.3, -0.25) is 0 Å². The predicted octanol–water partition coefficient (Wildman–Crippen LogP) is 4.25. The lowest BCUT2D eigenvalue weighted by molar-refractivity contribution is 0.173. The van der Waals surface area contributed by atoms with E-state index in [-0.39, 0.29) is 0 Å². The van der Waals surface area contributed by atoms with Gasteiger partial charge < -0.3 is 5.73 Å². The zero-order valence-electron chi connectivity index (χ0n) is 12.1. The zero-order valence-corrected chi connectivity index (χ0v) is 12.1. The highest BCUT2D eigenvalue weighted by atomic mass is 14.6. The second kappa shape index (κ2) is 5.44. The molecule has 18 heavy (non-hydrogen) atoms. The molecule has 0 spiro atoms. The van der Waals surface area contributed by atoms with E-state index in [2.05, 4.69) is 45.0 Å². The minimum Gasteiger partial charge on any atom is -0.330 e. The molecule has 0 radical (unpaired) electrons. The van der Waals surface area contributed by atoms with Crippen molar-refractivity contribution in [1.82, 2.24) is 0 Å². The quantitative estimate of drug-likeness (QED) is 0.846. The van der Waals surface area contributed by atoms with Gasteiger partial charge in [0.25, 0.3) is 0 Å². The summed E-state index contributed by atoms with van der Waals surface area (Å²) in [6, 6.07) is 8.97. The molecule has 0 bridgehead atoms. The maximum atomic E-state index is 6.04. The summed E-state index contributed by atoms with van der Waals surface area (Å²) in [5, 5.41) is 0. The molecule has 1 heteroatoms. The van der Waals surface area contributed by atoms with Gasteiger partial charge in [0.05, 0.1) is 0 Å². The first-order chi connectivity index (χ1) is 8.52. The molecule has 1 aliphatic carbocycles. The van der Waals surface area contributed by atoms with Crippen molar-refractivity contribution in [1.29, 1.82) is 0 Å². The molecule has 0 aliphatic heterocycles. The maximum absolute atomic E-state index is 6.04. The van der Waals surface area contributed by atoms with E-state index in [1.165, 1.54) is 36.8 Å². The summed E-state index contributed by atoms with van der Waals surface area (Å²) in [5.74, 6) is 1.34. The van der Waals surface area contributed by atoms with Crippen LogP contribution in [0.5, 0.6) is 0 Å². The molecule has 1 saturated carbocycles. The highest BCUT2D eigenvalue weighted by molar-refractivity contribution is 5.25. The zero-order chi connectivity index (χ0) is 13.2. The van der Waals surface area contributed by atoms with E-state index in [0.29, 0.717) is 11.3 Å². The van der Waals surface area contributed by atoms with Crippen molar-refractivity contribution >= 4 is 0 Å². The molecule has 0 saturated heterocycles. The van der Waals surface area contributed by atoms with Crippen LogP contribution in [0, 0.1) is 18.3 Å². The molecule has 1 atom stereocenters. The topological polar surface area (TPSA) is 26.0 Å². The fraction of sp³-hybridized carbons (Fsp3) is 0.647. The van der Waals surface area contributed by atoms with Gasteiger partial charge in [-0.1, -0.05) is 43.7 Å². The van der Waals surface area contributed by atoms with Crippen molar-refractivity contribution in [3.8, 4) is 0 Å². The van der Waals surface area contributed by atoms with Crippen molar-refractivity contribution < 1.29 is 0 Å². The van der Waals surface area contributed by atoms with Gasteiger partial charge in [0, 0.05) is 0 Å². The van der Waals surface area contributed by atoms with Crippen molar-refractivity contribution in [2.24, 2.45) is 17.1 Å². The van der Waals surface area contributed by atoms with Crippen molar-refractivity contribution in [3.63, 3.8) is 0 Å². The van der Waals surface area contributed by atoms with Crippen LogP contribution < -0.4 is 5.73 Å². The van der Waals surface area contributed by atoms with Crippen LogP contribution in [-0.4, -0.2) is 6.54 Å². The average molecular weight is 245 g/mol. The molecule has 0 aromatic heterocycles. The van der Waals surface area contributed by atoms with Crippen LogP contribution in [0.1, 0.15) is 56.6 Å². The first kappa shape index (κ1) is 13.6. The van der Waals surface area contributed by atoms with Crippen molar-refractivity contribution in [3.05, 3.63) is 35.4 Å². The Kier molecular flexibility index (Phi) is 4.11. The Labute approximate surface area is 112 Å². The number of hydrogen-bond donors (Lipinski definition) is 1. The van der Waals surface area contributed by atoms with E-state index in [9.17, 15) is 0 Å². The minimum absolute atomic E-state index is 0.545. The van der Waals surface area contributed by atoms with Crippen molar-refractivity contribution in [2.75, 3.05) is 6.54 Å². The molecule has 2 N–H and O–H groups in total. The monoisotopic (exact) mass is 245 g/mol. The molecule has 1 fully saturated rings. The van der Waals surface area contributed by atoms with E-state index in [4.69, 9.17) is 5.73 Å². The lowest BCUT2D eigenvalue weighted by Gasteiger charge is -2.38. The second-order valence-electron chi connectivity index (χ2n) is 6.75. The number of aryl methyl sites for hydroxylation is 1. The first-order valence-electron chi connectivity index (χ1n) is 7.28. The molecule has 0 amide bonds. The maximum Gasteiger partial charge on any atom is -0.000556 e. The third-order valence-corrected chi connectivity index (χ3v) is 4.71. The minimum atomic E-state index is 0.545. The van der Waals surface area contributed by atoms with Crippen LogP contribution in [0.25, 0.3) is 0 Å². The third-order valence-electron chi connectivity index (χ3n) is 4.71. The Hall–Kier alpha value is -0.820. The summed E-state index contributed by atoms with van der Waals surface area (Å²) >= 11 is 0. The van der Waals surface area contributed by atoms with E-state index < -0.39 is 0 Å². The summed E-state index contributed by atoms with van der Waals surface area (Å²) in [6.07, 6.45) is 5.37. The van der Waals surface area contributed by atoms with Gasteiger partial charge in [0.15, 0.2) is 0 Å². The number of rotatable bonds is 3. The Morgan fingerprint density at radius 1 is 1.17 bits per heavy atom. The van der Waals surface area contributed by atoms with Gasteiger partial charge in [0.2, 0.25) is 0 Å². The SMILES string of the molecule is Cc1ccc(C(CN)C2CCC(C)(C)CC2)cc1. The molecule has 1 unspecified atom stereocenters. The Morgan fingerprint density at radius 3 is 2.22 bits per heavy atom. The molecule has 100 valence electrons. The molecule has 2 rings (SSSR count). The van der Waals surface area contributed by atoms with Gasteiger partial charge in [-0.25, -0.2) is 0 Å². The molecular formula is C17H27N. The molecule has 1 nitrogen and oxygen atoms in total. The molecule has 0 heterocycles. The summed E-state index contributed by atoms with van der Waals surface area (Å²) in [7, 11) is 0. The van der Waals surface area contributed by atoms with Gasteiger partial charge >= 0.3 is 0 Å². The molecular weight excluding hydrogens is 218 g/mol. The Balaban J connectivity index is 2.08. The summed E-state index contributed by atoms with van der Waals surface area (Å²) < 4.78 is 0. The lowest BCUT2D eigenvalue weighted by atomic mass is 9.68. The fourth-order valence-electron chi connectivity index (χ4n) is 3.24. The third kappa shape index (κ3) is 3.14. The van der Waals surface area contributed by atoms with Gasteiger partial charge in [-0.2, -0.15) is 0 Å². The smallest absolute Gasteiger partial charge is 0.000556 e. The van der Waals surface area contributed by atoms with Crippen molar-refractivity contribution in [2.45, 2.75) is 52.4 Å². The predicted molar refractivity (Wildman–Crippen MR) is 78.7 cm³/mol. The van der Waals surface area contributed by atoms with Gasteiger partial charge in [0.1, 0.15) is 0 Å². The van der Waals surface area contributed by atoms with Gasteiger partial charge in [-0.15, -0.1) is 0 Å². The average Bonchev–Trinajstić information content (AvgIpc) is 2.34. The second-order valence-corrected chi connectivity index (χ2v) is 6.75. The Morgan fingerprint density at radius 2 is 1.72 bits per heavy atom. The number of nitrogens with two attached hydrogens (primary N) is 1. The highest BCUT2D eigenvalue weighted by Crippen LogP contribution is 2.43. The van der Waals surface area contributed by atoms with E-state index >= 15 is 0 Å². The Bertz CT molecular complexity index is 367. The van der Waals surface area contributed by atoms with Crippen LogP contribution in [0.4, 0.5) is 0 Å². The van der Waals surface area contributed by atoms with Crippen LogP contribution in [0.3, 0.4) is 0 Å². The first-order valence-corrected chi connectivity index (χ1v) is 7.28. The van der Waals surface area contributed by atoms with E-state index in [1.54, 1.807) is 0 Å². The lowest BCUT2D eigenvalue weighted by Crippen LogP contribution is -2.28. The summed E-state index contributed by atoms with van der Waals surface area (Å²) in [5.41, 5.74) is 9.36. The van der Waals surface area contributed by atoms with E-state index in [0.717, 1.165) is 12.5 Å². The van der Waals surface area contributed by atoms with Crippen LogP contribution in [-0.2, 0) is 0 Å².